The van der Waals surface area contributed by atoms with Gasteiger partial charge >= 0.3 is 0 Å². The van der Waals surface area contributed by atoms with Crippen molar-refractivity contribution in [2.75, 3.05) is 5.32 Å². The smallest absolute Gasteiger partial charge is 0.276 e. The first kappa shape index (κ1) is 21.1. The van der Waals surface area contributed by atoms with Crippen molar-refractivity contribution < 1.29 is 9.18 Å². The summed E-state index contributed by atoms with van der Waals surface area (Å²) < 4.78 is 17.6. The third-order valence-electron chi connectivity index (χ3n) is 4.36. The Bertz CT molecular complexity index is 1030. The molecule has 29 heavy (non-hydrogen) atoms. The van der Waals surface area contributed by atoms with Crippen LogP contribution in [-0.4, -0.2) is 25.2 Å². The predicted molar refractivity (Wildman–Crippen MR) is 113 cm³/mol. The number of aromatic nitrogens is 4. The van der Waals surface area contributed by atoms with E-state index < -0.39 is 5.82 Å². The van der Waals surface area contributed by atoms with Crippen LogP contribution in [0.25, 0.3) is 0 Å². The van der Waals surface area contributed by atoms with Crippen LogP contribution in [0, 0.1) is 5.82 Å². The van der Waals surface area contributed by atoms with Gasteiger partial charge in [-0.05, 0) is 62.7 Å². The van der Waals surface area contributed by atoms with E-state index in [1.165, 1.54) is 23.9 Å². The van der Waals surface area contributed by atoms with Gasteiger partial charge in [-0.15, -0.1) is 0 Å². The van der Waals surface area contributed by atoms with E-state index in [0.29, 0.717) is 16.3 Å². The van der Waals surface area contributed by atoms with E-state index in [9.17, 15) is 9.18 Å². The van der Waals surface area contributed by atoms with Crippen LogP contribution in [0.2, 0.25) is 0 Å². The molecule has 2 aromatic heterocycles. The van der Waals surface area contributed by atoms with Gasteiger partial charge < -0.3 is 9.88 Å². The van der Waals surface area contributed by atoms with Crippen LogP contribution in [0.5, 0.6) is 0 Å². The Kier molecular flexibility index (Phi) is 5.84. The minimum atomic E-state index is -0.424. The number of amides is 1. The lowest BCUT2D eigenvalue weighted by Gasteiger charge is -2.23. The molecule has 0 saturated heterocycles. The molecule has 0 unspecified atom stereocenters. The summed E-state index contributed by atoms with van der Waals surface area (Å²) in [5, 5.41) is 8.09. The monoisotopic (exact) mass is 415 g/mol. The topological polar surface area (TPSA) is 64.7 Å². The highest BCUT2D eigenvalue weighted by molar-refractivity contribution is 7.99. The zero-order valence-electron chi connectivity index (χ0n) is 17.5. The highest BCUT2D eigenvalue weighted by Gasteiger charge is 2.24. The molecular formula is C21H26FN5OS. The average molecular weight is 416 g/mol. The van der Waals surface area contributed by atoms with Crippen molar-refractivity contribution >= 4 is 23.4 Å². The molecule has 0 aliphatic rings. The van der Waals surface area contributed by atoms with Gasteiger partial charge in [-0.25, -0.2) is 9.37 Å². The average Bonchev–Trinajstić information content (AvgIpc) is 3.24. The number of aryl methyl sites for hydroxylation is 1. The number of anilines is 1. The molecule has 0 spiro atoms. The number of carbonyl (C=O) groups is 1. The number of benzene rings is 1. The van der Waals surface area contributed by atoms with E-state index in [1.807, 2.05) is 43.3 Å². The lowest BCUT2D eigenvalue weighted by atomic mass is 10.1. The maximum absolute atomic E-state index is 13.9. The molecule has 0 fully saturated rings. The van der Waals surface area contributed by atoms with Crippen LogP contribution >= 0.6 is 11.8 Å². The second kappa shape index (κ2) is 8.02. The van der Waals surface area contributed by atoms with Gasteiger partial charge in [0.25, 0.3) is 5.91 Å². The van der Waals surface area contributed by atoms with Crippen molar-refractivity contribution in [2.45, 2.75) is 56.1 Å². The van der Waals surface area contributed by atoms with Crippen LogP contribution in [-0.2, 0) is 12.6 Å². The summed E-state index contributed by atoms with van der Waals surface area (Å²) in [7, 11) is 1.88. The van der Waals surface area contributed by atoms with Crippen LogP contribution in [0.4, 0.5) is 10.1 Å². The molecule has 2 heterocycles. The van der Waals surface area contributed by atoms with E-state index in [-0.39, 0.29) is 17.4 Å². The quantitative estimate of drug-likeness (QED) is 0.634. The Labute approximate surface area is 174 Å². The standard InChI is InChI=1S/C21H26FN5OS/c1-13(2)17-12-16(25-27(17)21(3,4)5)19(28)24-15-11-14(22)7-8-18(15)29-20-23-9-10-26(20)6/h7-13H,1-6H3,(H,24,28). The van der Waals surface area contributed by atoms with Gasteiger partial charge in [-0.3, -0.25) is 9.48 Å². The second-order valence-electron chi connectivity index (χ2n) is 8.21. The highest BCUT2D eigenvalue weighted by atomic mass is 32.2. The maximum atomic E-state index is 13.9. The predicted octanol–water partition coefficient (Wildman–Crippen LogP) is 5.04. The Balaban J connectivity index is 1.91. The molecule has 1 amide bonds. The summed E-state index contributed by atoms with van der Waals surface area (Å²) in [5.74, 6) is -0.582. The largest absolute Gasteiger partial charge is 0.329 e. The summed E-state index contributed by atoms with van der Waals surface area (Å²) in [6.07, 6.45) is 3.52. The third-order valence-corrected chi connectivity index (χ3v) is 5.52. The molecule has 1 N–H and O–H groups in total. The zero-order chi connectivity index (χ0) is 21.3. The van der Waals surface area contributed by atoms with Crippen molar-refractivity contribution in [3.05, 3.63) is 53.9 Å². The van der Waals surface area contributed by atoms with Gasteiger partial charge in [0.2, 0.25) is 0 Å². The SMILES string of the molecule is CC(C)c1cc(C(=O)Nc2cc(F)ccc2Sc2nccn2C)nn1C(C)(C)C. The molecule has 0 saturated carbocycles. The zero-order valence-corrected chi connectivity index (χ0v) is 18.3. The Hall–Kier alpha value is -2.61. The molecule has 0 aliphatic heterocycles. The molecule has 0 aliphatic carbocycles. The van der Waals surface area contributed by atoms with Crippen molar-refractivity contribution in [1.82, 2.24) is 19.3 Å². The van der Waals surface area contributed by atoms with E-state index in [0.717, 1.165) is 10.9 Å². The molecule has 154 valence electrons. The van der Waals surface area contributed by atoms with Crippen molar-refractivity contribution in [3.8, 4) is 0 Å². The molecule has 0 bridgehead atoms. The van der Waals surface area contributed by atoms with Crippen molar-refractivity contribution in [2.24, 2.45) is 7.05 Å². The van der Waals surface area contributed by atoms with Gasteiger partial charge in [-0.2, -0.15) is 5.10 Å². The number of hydrogen-bond donors (Lipinski definition) is 1. The molecule has 1 aromatic carbocycles. The van der Waals surface area contributed by atoms with Gasteiger partial charge in [0.05, 0.1) is 11.2 Å². The van der Waals surface area contributed by atoms with Gasteiger partial charge in [0.1, 0.15) is 5.82 Å². The van der Waals surface area contributed by atoms with Gasteiger partial charge in [-0.1, -0.05) is 13.8 Å². The third kappa shape index (κ3) is 4.70. The first-order valence-corrected chi connectivity index (χ1v) is 10.2. The second-order valence-corrected chi connectivity index (χ2v) is 9.22. The summed E-state index contributed by atoms with van der Waals surface area (Å²) in [6.45, 7) is 10.3. The van der Waals surface area contributed by atoms with Crippen LogP contribution in [0.3, 0.4) is 0 Å². The molecular weight excluding hydrogens is 389 g/mol. The number of nitrogens with zero attached hydrogens (tertiary/aromatic N) is 4. The summed E-state index contributed by atoms with van der Waals surface area (Å²) >= 11 is 1.36. The molecule has 8 heteroatoms. The molecule has 0 radical (unpaired) electrons. The fraction of sp³-hybridized carbons (Fsp3) is 0.381. The van der Waals surface area contributed by atoms with Crippen molar-refractivity contribution in [1.29, 1.82) is 0 Å². The number of nitrogens with one attached hydrogen (secondary N) is 1. The first-order chi connectivity index (χ1) is 13.6. The first-order valence-electron chi connectivity index (χ1n) is 9.43. The molecule has 3 rings (SSSR count). The minimum absolute atomic E-state index is 0.215. The van der Waals surface area contributed by atoms with Crippen LogP contribution in [0.15, 0.2) is 46.7 Å². The molecule has 0 atom stereocenters. The van der Waals surface area contributed by atoms with E-state index in [1.54, 1.807) is 18.3 Å². The lowest BCUT2D eigenvalue weighted by Crippen LogP contribution is -2.26. The van der Waals surface area contributed by atoms with Gasteiger partial charge in [0, 0.05) is 30.0 Å². The van der Waals surface area contributed by atoms with E-state index in [4.69, 9.17) is 0 Å². The molecule has 3 aromatic rings. The normalized spacial score (nSPS) is 11.9. The Morgan fingerprint density at radius 1 is 1.24 bits per heavy atom. The number of rotatable bonds is 5. The lowest BCUT2D eigenvalue weighted by molar-refractivity contribution is 0.102. The summed E-state index contributed by atoms with van der Waals surface area (Å²) in [5.41, 5.74) is 1.42. The maximum Gasteiger partial charge on any atom is 0.276 e. The number of hydrogen-bond acceptors (Lipinski definition) is 4. The van der Waals surface area contributed by atoms with Crippen LogP contribution in [0.1, 0.15) is 56.7 Å². The number of halogens is 1. The molecule has 6 nitrogen and oxygen atoms in total. The number of imidazole rings is 1. The van der Waals surface area contributed by atoms with Crippen LogP contribution < -0.4 is 5.32 Å². The summed E-state index contributed by atoms with van der Waals surface area (Å²) in [4.78, 5) is 17.9. The van der Waals surface area contributed by atoms with E-state index in [2.05, 4.69) is 29.2 Å². The number of carbonyl (C=O) groups excluding carboxylic acids is 1. The Morgan fingerprint density at radius 3 is 2.52 bits per heavy atom. The summed E-state index contributed by atoms with van der Waals surface area (Å²) in [6, 6.07) is 6.12. The van der Waals surface area contributed by atoms with Gasteiger partial charge in [0.15, 0.2) is 10.9 Å². The van der Waals surface area contributed by atoms with E-state index >= 15 is 0 Å². The van der Waals surface area contributed by atoms with Crippen molar-refractivity contribution in [3.63, 3.8) is 0 Å². The highest BCUT2D eigenvalue weighted by Crippen LogP contribution is 2.33. The Morgan fingerprint density at radius 2 is 1.97 bits per heavy atom. The minimum Gasteiger partial charge on any atom is -0.329 e. The fourth-order valence-corrected chi connectivity index (χ4v) is 3.75. The fourth-order valence-electron chi connectivity index (χ4n) is 2.88.